The van der Waals surface area contributed by atoms with Gasteiger partial charge < -0.3 is 14.8 Å². The minimum atomic E-state index is -1.07. The average Bonchev–Trinajstić information content (AvgIpc) is 2.60. The predicted octanol–water partition coefficient (Wildman–Crippen LogP) is 3.19. The predicted molar refractivity (Wildman–Crippen MR) is 101 cm³/mol. The number of amidine groups is 1. The van der Waals surface area contributed by atoms with E-state index >= 15 is 0 Å². The van der Waals surface area contributed by atoms with Gasteiger partial charge in [-0.25, -0.2) is 4.79 Å². The van der Waals surface area contributed by atoms with Crippen molar-refractivity contribution in [2.75, 3.05) is 5.32 Å². The van der Waals surface area contributed by atoms with Gasteiger partial charge in [0.1, 0.15) is 5.84 Å². The van der Waals surface area contributed by atoms with Crippen LogP contribution >= 0.6 is 0 Å². The van der Waals surface area contributed by atoms with Crippen LogP contribution < -0.4 is 10.6 Å². The highest BCUT2D eigenvalue weighted by Gasteiger charge is 2.17. The minimum absolute atomic E-state index is 0.190. The monoisotopic (exact) mass is 375 g/mol. The smallest absolute Gasteiger partial charge is 0.415 e. The molecule has 146 valence electrons. The molecule has 1 atom stereocenters. The first-order valence-corrected chi connectivity index (χ1v) is 8.45. The topological polar surface area (TPSA) is 118 Å². The Hall–Kier alpha value is -3.16. The number of hydrogen-bond acceptors (Lipinski definition) is 6. The fraction of sp³-hybridized carbons (Fsp3) is 0.368. The number of benzene rings is 1. The molecular formula is C19H25N3O5. The van der Waals surface area contributed by atoms with Gasteiger partial charge in [-0.2, -0.15) is 0 Å². The van der Waals surface area contributed by atoms with Gasteiger partial charge in [-0.3, -0.25) is 20.3 Å². The first-order valence-electron chi connectivity index (χ1n) is 8.45. The number of nitrogens with one attached hydrogen (secondary N) is 3. The number of ether oxygens (including phenoxy) is 2. The number of carbonyl (C=O) groups excluding carboxylic acids is 3. The summed E-state index contributed by atoms with van der Waals surface area (Å²) in [6, 6.07) is 6.38. The minimum Gasteiger partial charge on any atom is -0.425 e. The highest BCUT2D eigenvalue weighted by Crippen LogP contribution is 2.11. The number of allylic oxidation sites excluding steroid dienone is 1. The molecule has 0 spiro atoms. The zero-order chi connectivity index (χ0) is 20.6. The lowest BCUT2D eigenvalue weighted by Gasteiger charge is -2.16. The Morgan fingerprint density at radius 2 is 1.67 bits per heavy atom. The lowest BCUT2D eigenvalue weighted by atomic mass is 10.2. The summed E-state index contributed by atoms with van der Waals surface area (Å²) in [4.78, 5) is 35.0. The van der Waals surface area contributed by atoms with Crippen molar-refractivity contribution >= 4 is 29.5 Å². The van der Waals surface area contributed by atoms with E-state index in [4.69, 9.17) is 14.9 Å². The van der Waals surface area contributed by atoms with Gasteiger partial charge in [0.2, 0.25) is 6.29 Å². The standard InChI is InChI=1S/C19H25N3O5/c1-6-12(4)17(23)21-15-9-7-14(8-10-15)16(20)22-19(25)27-13(5)26-18(24)11(2)3/h6-11,13H,1-5H3,(H,21,23)(H2,20,22,25)/b12-6+. The van der Waals surface area contributed by atoms with Crippen molar-refractivity contribution in [1.29, 1.82) is 5.41 Å². The van der Waals surface area contributed by atoms with E-state index in [2.05, 4.69) is 10.6 Å². The van der Waals surface area contributed by atoms with Crippen LogP contribution in [0.5, 0.6) is 0 Å². The second kappa shape index (κ2) is 10.1. The Bertz CT molecular complexity index is 738. The molecule has 27 heavy (non-hydrogen) atoms. The number of carbonyl (C=O) groups is 3. The van der Waals surface area contributed by atoms with Gasteiger partial charge in [0, 0.05) is 23.7 Å². The SMILES string of the molecule is C/C=C(\C)C(=O)Nc1ccc(C(=N)NC(=O)OC(C)OC(=O)C(C)C)cc1. The third kappa shape index (κ3) is 7.31. The van der Waals surface area contributed by atoms with Crippen molar-refractivity contribution in [3.8, 4) is 0 Å². The molecule has 1 rings (SSSR count). The number of amides is 2. The molecule has 8 heteroatoms. The molecule has 0 bridgehead atoms. The van der Waals surface area contributed by atoms with E-state index in [0.717, 1.165) is 0 Å². The summed E-state index contributed by atoms with van der Waals surface area (Å²) in [6.45, 7) is 8.21. The number of rotatable bonds is 6. The van der Waals surface area contributed by atoms with Crippen molar-refractivity contribution in [2.45, 2.75) is 40.9 Å². The van der Waals surface area contributed by atoms with Crippen LogP contribution in [-0.2, 0) is 19.1 Å². The average molecular weight is 375 g/mol. The van der Waals surface area contributed by atoms with E-state index in [1.165, 1.54) is 6.92 Å². The zero-order valence-electron chi connectivity index (χ0n) is 16.1. The molecule has 0 fully saturated rings. The molecule has 0 heterocycles. The lowest BCUT2D eigenvalue weighted by Crippen LogP contribution is -2.35. The molecule has 1 aromatic carbocycles. The molecule has 0 aromatic heterocycles. The van der Waals surface area contributed by atoms with Crippen molar-refractivity contribution < 1.29 is 23.9 Å². The Balaban J connectivity index is 2.58. The maximum absolute atomic E-state index is 11.8. The van der Waals surface area contributed by atoms with Gasteiger partial charge in [-0.05, 0) is 38.1 Å². The van der Waals surface area contributed by atoms with Gasteiger partial charge in [0.25, 0.3) is 5.91 Å². The van der Waals surface area contributed by atoms with Crippen LogP contribution in [0.25, 0.3) is 0 Å². The second-order valence-electron chi connectivity index (χ2n) is 6.07. The largest absolute Gasteiger partial charge is 0.425 e. The van der Waals surface area contributed by atoms with Crippen molar-refractivity contribution in [3.05, 3.63) is 41.5 Å². The van der Waals surface area contributed by atoms with E-state index in [1.807, 2.05) is 0 Å². The van der Waals surface area contributed by atoms with E-state index in [9.17, 15) is 14.4 Å². The Kier molecular flexibility index (Phi) is 8.19. The number of hydrogen-bond donors (Lipinski definition) is 3. The van der Waals surface area contributed by atoms with Crippen LogP contribution in [-0.4, -0.2) is 30.1 Å². The maximum Gasteiger partial charge on any atom is 0.415 e. The van der Waals surface area contributed by atoms with Crippen LogP contribution in [0.2, 0.25) is 0 Å². The maximum atomic E-state index is 11.8. The fourth-order valence-electron chi connectivity index (χ4n) is 1.76. The highest BCUT2D eigenvalue weighted by molar-refractivity contribution is 6.06. The van der Waals surface area contributed by atoms with Crippen molar-refractivity contribution in [3.63, 3.8) is 0 Å². The van der Waals surface area contributed by atoms with Crippen LogP contribution in [0.1, 0.15) is 40.2 Å². The summed E-state index contributed by atoms with van der Waals surface area (Å²) < 4.78 is 9.79. The molecule has 1 unspecified atom stereocenters. The summed E-state index contributed by atoms with van der Waals surface area (Å²) in [5.74, 6) is -1.24. The first-order chi connectivity index (χ1) is 12.6. The van der Waals surface area contributed by atoms with Gasteiger partial charge in [-0.15, -0.1) is 0 Å². The molecule has 1 aromatic rings. The summed E-state index contributed by atoms with van der Waals surface area (Å²) in [7, 11) is 0. The van der Waals surface area contributed by atoms with E-state index in [-0.39, 0.29) is 17.7 Å². The van der Waals surface area contributed by atoms with Crippen molar-refractivity contribution in [1.82, 2.24) is 5.32 Å². The second-order valence-corrected chi connectivity index (χ2v) is 6.07. The third-order valence-electron chi connectivity index (χ3n) is 3.48. The summed E-state index contributed by atoms with van der Waals surface area (Å²) in [6.07, 6.45) is -0.278. The molecule has 0 aliphatic rings. The van der Waals surface area contributed by atoms with Crippen LogP contribution in [0, 0.1) is 11.3 Å². The third-order valence-corrected chi connectivity index (χ3v) is 3.48. The Morgan fingerprint density at radius 3 is 2.19 bits per heavy atom. The Morgan fingerprint density at radius 1 is 1.07 bits per heavy atom. The summed E-state index contributed by atoms with van der Waals surface area (Å²) >= 11 is 0. The first kappa shape index (κ1) is 21.9. The van der Waals surface area contributed by atoms with Crippen LogP contribution in [0.3, 0.4) is 0 Å². The number of anilines is 1. The van der Waals surface area contributed by atoms with E-state index in [1.54, 1.807) is 58.0 Å². The van der Waals surface area contributed by atoms with Gasteiger partial charge in [0.05, 0.1) is 5.92 Å². The Labute approximate surface area is 158 Å². The van der Waals surface area contributed by atoms with Gasteiger partial charge in [0.15, 0.2) is 0 Å². The van der Waals surface area contributed by atoms with E-state index < -0.39 is 18.4 Å². The van der Waals surface area contributed by atoms with Gasteiger partial charge in [-0.1, -0.05) is 19.9 Å². The van der Waals surface area contributed by atoms with Crippen molar-refractivity contribution in [2.24, 2.45) is 5.92 Å². The molecule has 0 saturated heterocycles. The molecule has 8 nitrogen and oxygen atoms in total. The van der Waals surface area contributed by atoms with Crippen LogP contribution in [0.4, 0.5) is 10.5 Å². The highest BCUT2D eigenvalue weighted by atomic mass is 16.7. The number of esters is 1. The lowest BCUT2D eigenvalue weighted by molar-refractivity contribution is -0.168. The normalized spacial score (nSPS) is 12.1. The quantitative estimate of drug-likeness (QED) is 0.232. The summed E-state index contributed by atoms with van der Waals surface area (Å²) in [5, 5.41) is 12.9. The molecule has 0 saturated carbocycles. The fourth-order valence-corrected chi connectivity index (χ4v) is 1.76. The molecular weight excluding hydrogens is 350 g/mol. The van der Waals surface area contributed by atoms with Crippen LogP contribution in [0.15, 0.2) is 35.9 Å². The molecule has 0 radical (unpaired) electrons. The molecule has 2 amide bonds. The molecule has 0 aliphatic heterocycles. The van der Waals surface area contributed by atoms with E-state index in [0.29, 0.717) is 16.8 Å². The summed E-state index contributed by atoms with van der Waals surface area (Å²) in [5.41, 5.74) is 1.57. The zero-order valence-corrected chi connectivity index (χ0v) is 16.1. The van der Waals surface area contributed by atoms with Gasteiger partial charge >= 0.3 is 12.1 Å². The molecule has 0 aliphatic carbocycles. The number of alkyl carbamates (subject to hydrolysis) is 1. The molecule has 3 N–H and O–H groups in total.